The van der Waals surface area contributed by atoms with Gasteiger partial charge in [0.25, 0.3) is 0 Å². The summed E-state index contributed by atoms with van der Waals surface area (Å²) in [5, 5.41) is 11.3. The summed E-state index contributed by atoms with van der Waals surface area (Å²) in [5.41, 5.74) is 3.06. The minimum absolute atomic E-state index is 0.0517. The van der Waals surface area contributed by atoms with E-state index in [4.69, 9.17) is 11.6 Å². The fourth-order valence-electron chi connectivity index (χ4n) is 5.21. The number of benzene rings is 2. The number of carboxylic acids is 1. The summed E-state index contributed by atoms with van der Waals surface area (Å²) in [4.78, 5) is 13.7. The van der Waals surface area contributed by atoms with Gasteiger partial charge >= 0.3 is 5.97 Å². The van der Waals surface area contributed by atoms with Gasteiger partial charge < -0.3 is 9.67 Å². The van der Waals surface area contributed by atoms with Gasteiger partial charge in [0.05, 0.1) is 11.9 Å². The summed E-state index contributed by atoms with van der Waals surface area (Å²) in [6, 6.07) is 11.1. The summed E-state index contributed by atoms with van der Waals surface area (Å²) in [6.45, 7) is 0.735. The van der Waals surface area contributed by atoms with Gasteiger partial charge in [-0.25, -0.2) is 4.39 Å². The van der Waals surface area contributed by atoms with Crippen molar-refractivity contribution in [3.63, 3.8) is 0 Å². The zero-order chi connectivity index (χ0) is 20.8. The molecule has 1 unspecified atom stereocenters. The molecule has 5 rings (SSSR count). The lowest BCUT2D eigenvalue weighted by molar-refractivity contribution is -0.137. The Balaban J connectivity index is 1.73. The van der Waals surface area contributed by atoms with E-state index in [1.165, 1.54) is 12.8 Å². The molecule has 1 fully saturated rings. The van der Waals surface area contributed by atoms with Crippen LogP contribution in [0.25, 0.3) is 10.9 Å². The predicted octanol–water partition coefficient (Wildman–Crippen LogP) is 7.20. The van der Waals surface area contributed by atoms with Crippen LogP contribution in [-0.2, 0) is 11.3 Å². The molecule has 6 heteroatoms. The van der Waals surface area contributed by atoms with Crippen molar-refractivity contribution in [2.45, 2.75) is 66.7 Å². The number of hydrogen-bond donors (Lipinski definition) is 1. The molecule has 2 aromatic carbocycles. The van der Waals surface area contributed by atoms with E-state index >= 15 is 0 Å². The Morgan fingerprint density at radius 3 is 2.60 bits per heavy atom. The molecule has 156 valence electrons. The van der Waals surface area contributed by atoms with Crippen molar-refractivity contribution in [2.24, 2.45) is 0 Å². The van der Waals surface area contributed by atoms with Crippen molar-refractivity contribution in [1.29, 1.82) is 0 Å². The molecule has 3 aromatic rings. The molecule has 0 radical (unpaired) electrons. The van der Waals surface area contributed by atoms with E-state index in [2.05, 4.69) is 4.57 Å². The van der Waals surface area contributed by atoms with Gasteiger partial charge in [0, 0.05) is 38.4 Å². The Morgan fingerprint density at radius 1 is 1.17 bits per heavy atom. The number of carboxylic acid groups (broad SMARTS) is 1. The Kier molecular flexibility index (Phi) is 5.28. The lowest BCUT2D eigenvalue weighted by Crippen LogP contribution is -2.04. The van der Waals surface area contributed by atoms with Crippen LogP contribution < -0.4 is 0 Å². The third-order valence-corrected chi connectivity index (χ3v) is 7.87. The van der Waals surface area contributed by atoms with E-state index in [1.807, 2.05) is 24.3 Å². The molecule has 30 heavy (non-hydrogen) atoms. The average molecular weight is 444 g/mol. The minimum Gasteiger partial charge on any atom is -0.481 e. The van der Waals surface area contributed by atoms with Gasteiger partial charge in [0.1, 0.15) is 5.82 Å². The molecule has 0 bridgehead atoms. The normalized spacial score (nSPS) is 18.9. The van der Waals surface area contributed by atoms with Crippen LogP contribution in [0.5, 0.6) is 0 Å². The minimum atomic E-state index is -0.789. The van der Waals surface area contributed by atoms with Crippen LogP contribution in [-0.4, -0.2) is 15.6 Å². The number of aryl methyl sites for hydroxylation is 1. The van der Waals surface area contributed by atoms with Gasteiger partial charge in [0.15, 0.2) is 0 Å². The maximum Gasteiger partial charge on any atom is 0.304 e. The maximum absolute atomic E-state index is 14.7. The lowest BCUT2D eigenvalue weighted by atomic mass is 9.93. The van der Waals surface area contributed by atoms with Crippen LogP contribution in [0.3, 0.4) is 0 Å². The number of halogens is 2. The van der Waals surface area contributed by atoms with Crippen LogP contribution in [0.4, 0.5) is 4.39 Å². The number of fused-ring (bicyclic) bond motifs is 3. The molecule has 0 amide bonds. The summed E-state index contributed by atoms with van der Waals surface area (Å²) >= 11 is 7.72. The van der Waals surface area contributed by atoms with Gasteiger partial charge in [0.2, 0.25) is 0 Å². The van der Waals surface area contributed by atoms with Gasteiger partial charge in [-0.05, 0) is 67.1 Å². The zero-order valence-corrected chi connectivity index (χ0v) is 18.1. The highest BCUT2D eigenvalue weighted by Gasteiger charge is 2.34. The molecule has 1 aliphatic heterocycles. The van der Waals surface area contributed by atoms with Crippen LogP contribution in [0.1, 0.15) is 61.6 Å². The summed E-state index contributed by atoms with van der Waals surface area (Å²) in [6.07, 6.45) is 5.41. The van der Waals surface area contributed by atoms with E-state index < -0.39 is 5.97 Å². The quantitative estimate of drug-likeness (QED) is 0.453. The number of nitrogens with zero attached hydrogens (tertiary/aromatic N) is 1. The van der Waals surface area contributed by atoms with E-state index in [0.717, 1.165) is 57.8 Å². The Labute approximate surface area is 184 Å². The second-order valence-corrected chi connectivity index (χ2v) is 9.90. The number of aromatic nitrogens is 1. The van der Waals surface area contributed by atoms with Crippen LogP contribution in [0.15, 0.2) is 46.2 Å². The zero-order valence-electron chi connectivity index (χ0n) is 16.5. The van der Waals surface area contributed by atoms with E-state index in [0.29, 0.717) is 10.9 Å². The standard InChI is InChI=1S/C24H23ClFNO2S/c25-16-5-7-18(8-6-16)30-24-22-19(14-3-1-2-4-14)12-17(26)13-20(22)27-10-9-15(23(24)27)11-21(28)29/h5-8,12-15H,1-4,9-11H2,(H,28,29). The number of carbonyl (C=O) groups is 1. The molecular weight excluding hydrogens is 421 g/mol. The Morgan fingerprint density at radius 2 is 1.90 bits per heavy atom. The van der Waals surface area contributed by atoms with Gasteiger partial charge in [-0.15, -0.1) is 0 Å². The Hall–Kier alpha value is -1.98. The van der Waals surface area contributed by atoms with E-state index in [9.17, 15) is 14.3 Å². The number of aliphatic carboxylic acids is 1. The van der Waals surface area contributed by atoms with Gasteiger partial charge in [-0.1, -0.05) is 36.2 Å². The SMILES string of the molecule is O=C(O)CC1CCn2c1c(Sc1ccc(Cl)cc1)c1c(C3CCCC3)cc(F)cc12. The van der Waals surface area contributed by atoms with Gasteiger partial charge in [-0.3, -0.25) is 4.79 Å². The van der Waals surface area contributed by atoms with Crippen LogP contribution in [0, 0.1) is 5.82 Å². The topological polar surface area (TPSA) is 42.2 Å². The van der Waals surface area contributed by atoms with Crippen LogP contribution in [0.2, 0.25) is 5.02 Å². The summed E-state index contributed by atoms with van der Waals surface area (Å²) < 4.78 is 16.8. The molecule has 2 heterocycles. The molecule has 1 aliphatic carbocycles. The average Bonchev–Trinajstić information content (AvgIpc) is 3.42. The molecule has 1 aromatic heterocycles. The van der Waals surface area contributed by atoms with Crippen molar-refractivity contribution < 1.29 is 14.3 Å². The van der Waals surface area contributed by atoms with Gasteiger partial charge in [-0.2, -0.15) is 0 Å². The monoisotopic (exact) mass is 443 g/mol. The van der Waals surface area contributed by atoms with Crippen LogP contribution >= 0.6 is 23.4 Å². The smallest absolute Gasteiger partial charge is 0.304 e. The molecule has 1 N–H and O–H groups in total. The van der Waals surface area contributed by atoms with Crippen molar-refractivity contribution in [2.75, 3.05) is 0 Å². The van der Waals surface area contributed by atoms with Crippen molar-refractivity contribution in [1.82, 2.24) is 4.57 Å². The largest absolute Gasteiger partial charge is 0.481 e. The summed E-state index contributed by atoms with van der Waals surface area (Å²) in [7, 11) is 0. The molecular formula is C24H23ClFNO2S. The second-order valence-electron chi connectivity index (χ2n) is 8.38. The fourth-order valence-corrected chi connectivity index (χ4v) is 6.55. The molecule has 1 saturated carbocycles. The molecule has 3 nitrogen and oxygen atoms in total. The highest BCUT2D eigenvalue weighted by atomic mass is 35.5. The first kappa shape index (κ1) is 20.0. The number of hydrogen-bond acceptors (Lipinski definition) is 2. The fraction of sp³-hybridized carbons (Fsp3) is 0.375. The Bertz CT molecular complexity index is 1120. The lowest BCUT2D eigenvalue weighted by Gasteiger charge is -2.15. The first-order chi connectivity index (χ1) is 14.5. The highest BCUT2D eigenvalue weighted by molar-refractivity contribution is 7.99. The second kappa shape index (κ2) is 7.93. The molecule has 1 atom stereocenters. The molecule has 2 aliphatic rings. The first-order valence-electron chi connectivity index (χ1n) is 10.5. The predicted molar refractivity (Wildman–Crippen MR) is 118 cm³/mol. The third-order valence-electron chi connectivity index (χ3n) is 6.49. The van der Waals surface area contributed by atoms with Crippen molar-refractivity contribution in [3.8, 4) is 0 Å². The maximum atomic E-state index is 14.7. The molecule has 0 spiro atoms. The number of rotatable bonds is 5. The van der Waals surface area contributed by atoms with E-state index in [-0.39, 0.29) is 18.2 Å². The summed E-state index contributed by atoms with van der Waals surface area (Å²) in [5.74, 6) is -0.671. The first-order valence-corrected chi connectivity index (χ1v) is 11.7. The van der Waals surface area contributed by atoms with E-state index in [1.54, 1.807) is 23.9 Å². The molecule has 0 saturated heterocycles. The highest BCUT2D eigenvalue weighted by Crippen LogP contribution is 2.50. The van der Waals surface area contributed by atoms with Crippen molar-refractivity contribution >= 4 is 40.2 Å². The third kappa shape index (κ3) is 3.52. The van der Waals surface area contributed by atoms with Crippen molar-refractivity contribution in [3.05, 3.63) is 58.5 Å².